The van der Waals surface area contributed by atoms with Crippen molar-refractivity contribution in [3.8, 4) is 0 Å². The molecule has 0 aromatic rings. The minimum atomic E-state index is 0.309. The number of nitrogens with one attached hydrogen (secondary N) is 1. The van der Waals surface area contributed by atoms with Gasteiger partial charge < -0.3 is 11.1 Å². The fraction of sp³-hybridized carbons (Fsp3) is 0.938. The topological polar surface area (TPSA) is 53.6 Å². The second-order valence-electron chi connectivity index (χ2n) is 6.91. The first kappa shape index (κ1) is 15.5. The Morgan fingerprint density at radius 3 is 2.52 bits per heavy atom. The maximum atomic E-state index is 6.08. The van der Waals surface area contributed by atoms with E-state index >= 15 is 0 Å². The second-order valence-corrected chi connectivity index (χ2v) is 8.13. The Morgan fingerprint density at radius 2 is 1.90 bits per heavy atom. The van der Waals surface area contributed by atoms with Gasteiger partial charge in [-0.25, -0.2) is 0 Å². The third-order valence-electron chi connectivity index (χ3n) is 5.56. The Kier molecular flexibility index (Phi) is 5.33. The molecule has 1 saturated heterocycles. The molecule has 5 heteroatoms. The van der Waals surface area contributed by atoms with E-state index in [9.17, 15) is 0 Å². The number of thioether (sulfide) groups is 1. The summed E-state index contributed by atoms with van der Waals surface area (Å²) in [6, 6.07) is 0. The molecule has 1 aliphatic heterocycles. The maximum Gasteiger partial charge on any atom is 0.188 e. The predicted molar refractivity (Wildman–Crippen MR) is 91.9 cm³/mol. The number of nitrogens with zero attached hydrogens (tertiary/aromatic N) is 2. The molecule has 0 aromatic carbocycles. The van der Waals surface area contributed by atoms with Crippen molar-refractivity contribution in [2.75, 3.05) is 37.7 Å². The van der Waals surface area contributed by atoms with Crippen molar-refractivity contribution in [1.82, 2.24) is 10.2 Å². The highest BCUT2D eigenvalue weighted by Gasteiger charge is 2.39. The molecule has 3 aliphatic rings. The van der Waals surface area contributed by atoms with E-state index in [2.05, 4.69) is 22.0 Å². The van der Waals surface area contributed by atoms with Gasteiger partial charge in [0.25, 0.3) is 0 Å². The third kappa shape index (κ3) is 3.86. The van der Waals surface area contributed by atoms with Gasteiger partial charge >= 0.3 is 0 Å². The summed E-state index contributed by atoms with van der Waals surface area (Å²) in [6.07, 6.45) is 9.42. The molecule has 0 atom stereocenters. The first-order valence-electron chi connectivity index (χ1n) is 8.65. The molecule has 0 unspecified atom stereocenters. The van der Waals surface area contributed by atoms with Gasteiger partial charge in [0.15, 0.2) is 5.96 Å². The van der Waals surface area contributed by atoms with E-state index in [1.165, 1.54) is 69.5 Å². The molecule has 4 nitrogen and oxygen atoms in total. The average molecular weight is 311 g/mol. The van der Waals surface area contributed by atoms with Gasteiger partial charge in [-0.15, -0.1) is 0 Å². The average Bonchev–Trinajstić information content (AvgIpc) is 2.95. The van der Waals surface area contributed by atoms with Crippen LogP contribution in [0.3, 0.4) is 0 Å². The number of hydrogen-bond donors (Lipinski definition) is 2. The summed E-state index contributed by atoms with van der Waals surface area (Å²) in [7, 11) is 0. The fourth-order valence-electron chi connectivity index (χ4n) is 3.88. The molecule has 1 heterocycles. The Labute approximate surface area is 133 Å². The van der Waals surface area contributed by atoms with Crippen molar-refractivity contribution in [3.63, 3.8) is 0 Å². The highest BCUT2D eigenvalue weighted by atomic mass is 32.2. The molecular weight excluding hydrogens is 280 g/mol. The fourth-order valence-corrected chi connectivity index (χ4v) is 4.78. The summed E-state index contributed by atoms with van der Waals surface area (Å²) >= 11 is 2.09. The molecule has 0 amide bonds. The van der Waals surface area contributed by atoms with E-state index in [0.717, 1.165) is 19.0 Å². The van der Waals surface area contributed by atoms with Crippen LogP contribution >= 0.6 is 11.8 Å². The van der Waals surface area contributed by atoms with E-state index in [1.54, 1.807) is 0 Å². The van der Waals surface area contributed by atoms with Gasteiger partial charge in [0.05, 0.1) is 6.54 Å². The van der Waals surface area contributed by atoms with Crippen LogP contribution in [-0.4, -0.2) is 54.1 Å². The van der Waals surface area contributed by atoms with Crippen molar-refractivity contribution in [3.05, 3.63) is 0 Å². The molecule has 0 radical (unpaired) electrons. The Morgan fingerprint density at radius 1 is 1.19 bits per heavy atom. The highest BCUT2D eigenvalue weighted by Crippen LogP contribution is 2.37. The molecule has 3 rings (SSSR count). The smallest absolute Gasteiger partial charge is 0.188 e. The van der Waals surface area contributed by atoms with E-state index in [0.29, 0.717) is 11.5 Å². The minimum absolute atomic E-state index is 0.309. The van der Waals surface area contributed by atoms with Gasteiger partial charge in [-0.2, -0.15) is 11.8 Å². The lowest BCUT2D eigenvalue weighted by Crippen LogP contribution is -2.53. The summed E-state index contributed by atoms with van der Waals surface area (Å²) in [5.74, 6) is 4.06. The molecule has 3 N–H and O–H groups in total. The van der Waals surface area contributed by atoms with Crippen LogP contribution in [0.2, 0.25) is 0 Å². The standard InChI is InChI=1S/C16H30N4S/c17-15(18-12-14-4-3-5-14)19-13-16(6-1-2-7-16)20-8-10-21-11-9-20/h14H,1-13H2,(H3,17,18,19). The second kappa shape index (κ2) is 7.23. The van der Waals surface area contributed by atoms with Gasteiger partial charge in [-0.3, -0.25) is 9.89 Å². The van der Waals surface area contributed by atoms with Crippen LogP contribution in [0.25, 0.3) is 0 Å². The first-order valence-corrected chi connectivity index (χ1v) is 9.81. The zero-order valence-corrected chi connectivity index (χ0v) is 14.0. The van der Waals surface area contributed by atoms with E-state index in [-0.39, 0.29) is 0 Å². The normalized spacial score (nSPS) is 27.5. The van der Waals surface area contributed by atoms with E-state index < -0.39 is 0 Å². The van der Waals surface area contributed by atoms with Gasteiger partial charge in [0, 0.05) is 36.7 Å². The van der Waals surface area contributed by atoms with Gasteiger partial charge in [0.1, 0.15) is 0 Å². The minimum Gasteiger partial charge on any atom is -0.370 e. The Hall–Kier alpha value is -0.420. The summed E-state index contributed by atoms with van der Waals surface area (Å²) in [5, 5.41) is 3.33. The van der Waals surface area contributed by atoms with Gasteiger partial charge in [0.2, 0.25) is 0 Å². The Balaban J connectivity index is 1.53. The van der Waals surface area contributed by atoms with Gasteiger partial charge in [-0.05, 0) is 31.6 Å². The van der Waals surface area contributed by atoms with Crippen LogP contribution in [0.5, 0.6) is 0 Å². The largest absolute Gasteiger partial charge is 0.370 e. The summed E-state index contributed by atoms with van der Waals surface area (Å²) in [5.41, 5.74) is 6.39. The van der Waals surface area contributed by atoms with E-state index in [4.69, 9.17) is 10.7 Å². The number of aliphatic imine (C=N–C) groups is 1. The van der Waals surface area contributed by atoms with Crippen molar-refractivity contribution in [2.24, 2.45) is 16.6 Å². The lowest BCUT2D eigenvalue weighted by Gasteiger charge is -2.42. The zero-order valence-electron chi connectivity index (χ0n) is 13.1. The molecule has 0 spiro atoms. The van der Waals surface area contributed by atoms with E-state index in [1.807, 2.05) is 0 Å². The molecule has 0 bridgehead atoms. The number of nitrogens with two attached hydrogens (primary N) is 1. The predicted octanol–water partition coefficient (Wildman–Crippen LogP) is 2.05. The zero-order chi connectivity index (χ0) is 14.5. The monoisotopic (exact) mass is 310 g/mol. The SMILES string of the molecule is NC(=NCC1(N2CCSCC2)CCCC1)NCC1CCC1. The van der Waals surface area contributed by atoms with Gasteiger partial charge in [-0.1, -0.05) is 19.3 Å². The number of guanidine groups is 1. The Bertz CT molecular complexity index is 355. The highest BCUT2D eigenvalue weighted by molar-refractivity contribution is 7.99. The maximum absolute atomic E-state index is 6.08. The molecular formula is C16H30N4S. The quantitative estimate of drug-likeness (QED) is 0.603. The summed E-state index contributed by atoms with van der Waals surface area (Å²) in [4.78, 5) is 7.43. The van der Waals surface area contributed by atoms with Crippen LogP contribution in [-0.2, 0) is 0 Å². The molecule has 2 saturated carbocycles. The van der Waals surface area contributed by atoms with Crippen molar-refractivity contribution < 1.29 is 0 Å². The van der Waals surface area contributed by atoms with Crippen molar-refractivity contribution in [1.29, 1.82) is 0 Å². The lowest BCUT2D eigenvalue weighted by molar-refractivity contribution is 0.112. The molecule has 2 aliphatic carbocycles. The van der Waals surface area contributed by atoms with Crippen LogP contribution < -0.4 is 11.1 Å². The van der Waals surface area contributed by atoms with Crippen LogP contribution in [0.15, 0.2) is 4.99 Å². The molecule has 120 valence electrons. The first-order chi connectivity index (χ1) is 10.3. The van der Waals surface area contributed by atoms with Crippen LogP contribution in [0.4, 0.5) is 0 Å². The third-order valence-corrected chi connectivity index (χ3v) is 6.50. The molecule has 3 fully saturated rings. The van der Waals surface area contributed by atoms with Crippen molar-refractivity contribution >= 4 is 17.7 Å². The molecule has 0 aromatic heterocycles. The number of hydrogen-bond acceptors (Lipinski definition) is 3. The summed E-state index contributed by atoms with van der Waals surface area (Å²) in [6.45, 7) is 4.37. The van der Waals surface area contributed by atoms with Crippen LogP contribution in [0, 0.1) is 5.92 Å². The lowest BCUT2D eigenvalue weighted by atomic mass is 9.85. The number of rotatable bonds is 5. The van der Waals surface area contributed by atoms with Crippen LogP contribution in [0.1, 0.15) is 44.9 Å². The molecule has 21 heavy (non-hydrogen) atoms. The summed E-state index contributed by atoms with van der Waals surface area (Å²) < 4.78 is 0. The van der Waals surface area contributed by atoms with Crippen molar-refractivity contribution in [2.45, 2.75) is 50.5 Å².